The third-order valence-corrected chi connectivity index (χ3v) is 7.82. The van der Waals surface area contributed by atoms with Gasteiger partial charge in [-0.15, -0.1) is 0 Å². The maximum absolute atomic E-state index is 12.9. The Morgan fingerprint density at radius 2 is 1.89 bits per heavy atom. The minimum absolute atomic E-state index is 0.0583. The molecule has 2 amide bonds. The van der Waals surface area contributed by atoms with Gasteiger partial charge in [-0.3, -0.25) is 9.59 Å². The molecule has 0 bridgehead atoms. The van der Waals surface area contributed by atoms with Gasteiger partial charge in [0.1, 0.15) is 18.1 Å². The van der Waals surface area contributed by atoms with E-state index in [4.69, 9.17) is 9.15 Å². The summed E-state index contributed by atoms with van der Waals surface area (Å²) in [6.07, 6.45) is 1.30. The first-order chi connectivity index (χ1) is 17.5. The number of aryl methyl sites for hydroxylation is 1. The third-order valence-electron chi connectivity index (χ3n) is 6.88. The lowest BCUT2D eigenvalue weighted by molar-refractivity contribution is -0.132. The largest absolute Gasteiger partial charge is 0.486 e. The Bertz CT molecular complexity index is 1250. The van der Waals surface area contributed by atoms with Crippen molar-refractivity contribution in [3.8, 4) is 5.75 Å². The first-order valence-corrected chi connectivity index (χ1v) is 13.8. The Labute approximate surface area is 216 Å². The molecule has 2 aliphatic heterocycles. The number of furan rings is 1. The number of benzene rings is 2. The molecule has 188 valence electrons. The molecule has 3 heterocycles. The SMILES string of the molecule is CCC(=O)N1CCc2ccc(OCc3ccc(C(=O)N4CCSCC4)o3)cc2C1c1cccc(C)c1. The van der Waals surface area contributed by atoms with Crippen LogP contribution < -0.4 is 4.74 Å². The summed E-state index contributed by atoms with van der Waals surface area (Å²) in [6.45, 7) is 6.43. The fraction of sp³-hybridized carbons (Fsp3) is 0.379. The van der Waals surface area contributed by atoms with Gasteiger partial charge >= 0.3 is 0 Å². The average molecular weight is 505 g/mol. The van der Waals surface area contributed by atoms with Crippen molar-refractivity contribution in [2.45, 2.75) is 39.3 Å². The lowest BCUT2D eigenvalue weighted by Crippen LogP contribution is -2.40. The number of rotatable bonds is 6. The Kier molecular flexibility index (Phi) is 7.37. The summed E-state index contributed by atoms with van der Waals surface area (Å²) in [5.41, 5.74) is 4.62. The minimum atomic E-state index is -0.139. The maximum Gasteiger partial charge on any atom is 0.289 e. The standard InChI is InChI=1S/C29H32N2O4S/c1-3-27(32)31-12-11-21-7-8-23(18-25(21)28(31)22-6-4-5-20(2)17-22)34-19-24-9-10-26(35-24)29(33)30-13-15-36-16-14-30/h4-10,17-18,28H,3,11-16,19H2,1-2H3. The van der Waals surface area contributed by atoms with Gasteiger partial charge in [-0.2, -0.15) is 11.8 Å². The lowest BCUT2D eigenvalue weighted by atomic mass is 9.87. The highest BCUT2D eigenvalue weighted by Gasteiger charge is 2.32. The molecule has 1 unspecified atom stereocenters. The zero-order valence-corrected chi connectivity index (χ0v) is 21.7. The zero-order chi connectivity index (χ0) is 25.1. The van der Waals surface area contributed by atoms with Gasteiger partial charge in [0.05, 0.1) is 6.04 Å². The first kappa shape index (κ1) is 24.5. The number of ether oxygens (including phenoxy) is 1. The molecule has 1 aromatic heterocycles. The summed E-state index contributed by atoms with van der Waals surface area (Å²) in [5.74, 6) is 3.71. The molecule has 1 saturated heterocycles. The van der Waals surface area contributed by atoms with Gasteiger partial charge in [0.2, 0.25) is 5.91 Å². The number of fused-ring (bicyclic) bond motifs is 1. The van der Waals surface area contributed by atoms with Crippen molar-refractivity contribution < 1.29 is 18.7 Å². The average Bonchev–Trinajstić information content (AvgIpc) is 3.40. The second-order valence-electron chi connectivity index (χ2n) is 9.33. The second kappa shape index (κ2) is 10.8. The van der Waals surface area contributed by atoms with Crippen LogP contribution in [0, 0.1) is 6.92 Å². The van der Waals surface area contributed by atoms with Crippen LogP contribution in [0.25, 0.3) is 0 Å². The Morgan fingerprint density at radius 1 is 1.06 bits per heavy atom. The van der Waals surface area contributed by atoms with E-state index in [1.54, 1.807) is 6.07 Å². The van der Waals surface area contributed by atoms with E-state index >= 15 is 0 Å². The van der Waals surface area contributed by atoms with Crippen LogP contribution in [0.4, 0.5) is 0 Å². The highest BCUT2D eigenvalue weighted by molar-refractivity contribution is 7.99. The van der Waals surface area contributed by atoms with Crippen molar-refractivity contribution >= 4 is 23.6 Å². The normalized spacial score (nSPS) is 17.6. The van der Waals surface area contributed by atoms with E-state index in [-0.39, 0.29) is 24.5 Å². The molecule has 2 aliphatic rings. The second-order valence-corrected chi connectivity index (χ2v) is 10.6. The molecule has 36 heavy (non-hydrogen) atoms. The predicted octanol–water partition coefficient (Wildman–Crippen LogP) is 5.24. The van der Waals surface area contributed by atoms with Crippen LogP contribution in [-0.2, 0) is 17.8 Å². The van der Waals surface area contributed by atoms with Gasteiger partial charge in [0.15, 0.2) is 5.76 Å². The summed E-state index contributed by atoms with van der Waals surface area (Å²) in [7, 11) is 0. The molecule has 0 N–H and O–H groups in total. The third kappa shape index (κ3) is 5.16. The van der Waals surface area contributed by atoms with Crippen LogP contribution in [-0.4, -0.2) is 52.8 Å². The molecular weight excluding hydrogens is 472 g/mol. The number of thioether (sulfide) groups is 1. The Hall–Kier alpha value is -3.19. The molecule has 2 aromatic carbocycles. The minimum Gasteiger partial charge on any atom is -0.486 e. The van der Waals surface area contributed by atoms with Gasteiger partial charge in [-0.1, -0.05) is 42.8 Å². The topological polar surface area (TPSA) is 63.0 Å². The van der Waals surface area contributed by atoms with Crippen molar-refractivity contribution in [1.29, 1.82) is 0 Å². The van der Waals surface area contributed by atoms with Crippen LogP contribution in [0.2, 0.25) is 0 Å². The molecule has 5 rings (SSSR count). The van der Waals surface area contributed by atoms with Crippen molar-refractivity contribution in [3.05, 3.63) is 88.4 Å². The molecule has 0 radical (unpaired) electrons. The monoisotopic (exact) mass is 504 g/mol. The van der Waals surface area contributed by atoms with Gasteiger partial charge in [-0.05, 0) is 54.3 Å². The number of hydrogen-bond donors (Lipinski definition) is 0. The highest BCUT2D eigenvalue weighted by atomic mass is 32.2. The van der Waals surface area contributed by atoms with E-state index in [9.17, 15) is 9.59 Å². The number of carbonyl (C=O) groups excluding carboxylic acids is 2. The van der Waals surface area contributed by atoms with Crippen molar-refractivity contribution in [1.82, 2.24) is 9.80 Å². The van der Waals surface area contributed by atoms with Crippen LogP contribution in [0.1, 0.15) is 58.0 Å². The van der Waals surface area contributed by atoms with Crippen molar-refractivity contribution in [3.63, 3.8) is 0 Å². The van der Waals surface area contributed by atoms with Crippen LogP contribution in [0.15, 0.2) is 59.0 Å². The summed E-state index contributed by atoms with van der Waals surface area (Å²) >= 11 is 1.87. The Morgan fingerprint density at radius 3 is 2.67 bits per heavy atom. The lowest BCUT2D eigenvalue weighted by Gasteiger charge is -2.38. The molecule has 3 aromatic rings. The molecule has 0 aliphatic carbocycles. The predicted molar refractivity (Wildman–Crippen MR) is 141 cm³/mol. The number of amides is 2. The molecule has 1 fully saturated rings. The van der Waals surface area contributed by atoms with Crippen molar-refractivity contribution in [2.75, 3.05) is 31.1 Å². The van der Waals surface area contributed by atoms with Crippen LogP contribution in [0.5, 0.6) is 5.75 Å². The van der Waals surface area contributed by atoms with Crippen LogP contribution in [0.3, 0.4) is 0 Å². The number of carbonyl (C=O) groups is 2. The summed E-state index contributed by atoms with van der Waals surface area (Å²) in [6, 6.07) is 17.9. The van der Waals surface area contributed by atoms with Gasteiger partial charge in [0, 0.05) is 37.6 Å². The molecular formula is C29H32N2O4S. The fourth-order valence-electron chi connectivity index (χ4n) is 5.00. The highest BCUT2D eigenvalue weighted by Crippen LogP contribution is 2.38. The zero-order valence-electron chi connectivity index (χ0n) is 20.9. The Balaban J connectivity index is 1.35. The van der Waals surface area contributed by atoms with E-state index in [0.717, 1.165) is 47.9 Å². The van der Waals surface area contributed by atoms with Gasteiger partial charge < -0.3 is 19.0 Å². The summed E-state index contributed by atoms with van der Waals surface area (Å²) in [4.78, 5) is 29.4. The fourth-order valence-corrected chi connectivity index (χ4v) is 5.90. The van der Waals surface area contributed by atoms with E-state index in [1.165, 1.54) is 11.1 Å². The summed E-state index contributed by atoms with van der Waals surface area (Å²) in [5, 5.41) is 0. The summed E-state index contributed by atoms with van der Waals surface area (Å²) < 4.78 is 11.9. The molecule has 7 heteroatoms. The van der Waals surface area contributed by atoms with Crippen LogP contribution >= 0.6 is 11.8 Å². The van der Waals surface area contributed by atoms with Gasteiger partial charge in [0.25, 0.3) is 5.91 Å². The molecule has 6 nitrogen and oxygen atoms in total. The van der Waals surface area contributed by atoms with E-state index in [1.807, 2.05) is 46.7 Å². The smallest absolute Gasteiger partial charge is 0.289 e. The van der Waals surface area contributed by atoms with Crippen molar-refractivity contribution in [2.24, 2.45) is 0 Å². The van der Waals surface area contributed by atoms with E-state index in [0.29, 0.717) is 24.5 Å². The number of hydrogen-bond acceptors (Lipinski definition) is 5. The molecule has 1 atom stereocenters. The van der Waals surface area contributed by atoms with E-state index in [2.05, 4.69) is 37.3 Å². The van der Waals surface area contributed by atoms with Gasteiger partial charge in [-0.25, -0.2) is 0 Å². The number of nitrogens with zero attached hydrogens (tertiary/aromatic N) is 2. The van der Waals surface area contributed by atoms with E-state index < -0.39 is 0 Å². The first-order valence-electron chi connectivity index (χ1n) is 12.6. The maximum atomic E-state index is 12.9. The quantitative estimate of drug-likeness (QED) is 0.459. The molecule has 0 saturated carbocycles. The molecule has 0 spiro atoms.